The number of benzene rings is 3. The second-order valence-electron chi connectivity index (χ2n) is 8.35. The number of methoxy groups -OCH3 is 2. The second kappa shape index (κ2) is 9.36. The largest absolute Gasteiger partial charge is 0.497 e. The average Bonchev–Trinajstić information content (AvgIpc) is 2.85. The predicted octanol–water partition coefficient (Wildman–Crippen LogP) is 3.98. The molecule has 0 unspecified atom stereocenters. The first-order valence-electron chi connectivity index (χ1n) is 10.9. The Bertz CT molecular complexity index is 1180. The van der Waals surface area contributed by atoms with Gasteiger partial charge in [-0.15, -0.1) is 0 Å². The Hall–Kier alpha value is -3.80. The Balaban J connectivity index is 1.65. The Kier molecular flexibility index (Phi) is 6.36. The Morgan fingerprint density at radius 2 is 1.76 bits per heavy atom. The van der Waals surface area contributed by atoms with Gasteiger partial charge in [-0.25, -0.2) is 0 Å². The van der Waals surface area contributed by atoms with Gasteiger partial charge in [-0.1, -0.05) is 48.5 Å². The molecule has 1 N–H and O–H groups in total. The van der Waals surface area contributed by atoms with Crippen LogP contribution in [-0.2, 0) is 24.3 Å². The monoisotopic (exact) mass is 444 g/mol. The molecule has 2 amide bonds. The van der Waals surface area contributed by atoms with Gasteiger partial charge in [0.2, 0.25) is 5.91 Å². The molecular formula is C27H28N2O4. The number of nitrogens with one attached hydrogen (secondary N) is 1. The van der Waals surface area contributed by atoms with Crippen LogP contribution in [0.25, 0.3) is 0 Å². The smallest absolute Gasteiger partial charge is 0.255 e. The van der Waals surface area contributed by atoms with Crippen LogP contribution in [0.4, 0.5) is 0 Å². The highest BCUT2D eigenvalue weighted by Gasteiger charge is 2.46. The molecule has 4 rings (SSSR count). The molecule has 170 valence electrons. The summed E-state index contributed by atoms with van der Waals surface area (Å²) in [6, 6.07) is 22.6. The van der Waals surface area contributed by atoms with Crippen molar-refractivity contribution < 1.29 is 19.1 Å². The zero-order valence-electron chi connectivity index (χ0n) is 19.1. The van der Waals surface area contributed by atoms with Gasteiger partial charge in [-0.05, 0) is 42.3 Å². The fraction of sp³-hybridized carbons (Fsp3) is 0.259. The van der Waals surface area contributed by atoms with E-state index in [9.17, 15) is 9.59 Å². The fourth-order valence-electron chi connectivity index (χ4n) is 4.34. The summed E-state index contributed by atoms with van der Waals surface area (Å²) in [5, 5.41) is 3.04. The molecule has 0 saturated heterocycles. The minimum absolute atomic E-state index is 0.158. The molecule has 0 aromatic heterocycles. The molecule has 33 heavy (non-hydrogen) atoms. The zero-order chi connectivity index (χ0) is 23.4. The van der Waals surface area contributed by atoms with E-state index in [4.69, 9.17) is 9.47 Å². The molecule has 6 nitrogen and oxygen atoms in total. The molecule has 0 radical (unpaired) electrons. The molecule has 3 aromatic carbocycles. The lowest BCUT2D eigenvalue weighted by atomic mass is 9.82. The van der Waals surface area contributed by atoms with E-state index in [1.54, 1.807) is 19.1 Å². The molecule has 1 heterocycles. The molecule has 0 bridgehead atoms. The first-order valence-corrected chi connectivity index (χ1v) is 10.9. The van der Waals surface area contributed by atoms with Crippen molar-refractivity contribution in [3.63, 3.8) is 0 Å². The van der Waals surface area contributed by atoms with Crippen molar-refractivity contribution in [3.8, 4) is 11.5 Å². The van der Waals surface area contributed by atoms with Crippen LogP contribution in [0.5, 0.6) is 11.5 Å². The van der Waals surface area contributed by atoms with Gasteiger partial charge in [-0.3, -0.25) is 9.59 Å². The van der Waals surface area contributed by atoms with E-state index in [1.807, 2.05) is 79.7 Å². The first kappa shape index (κ1) is 22.4. The minimum atomic E-state index is -1.06. The molecular weight excluding hydrogens is 416 g/mol. The molecule has 0 fully saturated rings. The lowest BCUT2D eigenvalue weighted by molar-refractivity contribution is -0.132. The third kappa shape index (κ3) is 4.42. The summed E-state index contributed by atoms with van der Waals surface area (Å²) in [6.07, 6.45) is 0.427. The number of rotatable bonds is 7. The summed E-state index contributed by atoms with van der Waals surface area (Å²) < 4.78 is 10.7. The maximum atomic E-state index is 13.6. The molecule has 0 aliphatic carbocycles. The van der Waals surface area contributed by atoms with Crippen molar-refractivity contribution in [1.29, 1.82) is 0 Å². The van der Waals surface area contributed by atoms with Gasteiger partial charge in [0.15, 0.2) is 0 Å². The number of para-hydroxylation sites is 1. The Morgan fingerprint density at radius 1 is 1.00 bits per heavy atom. The normalized spacial score (nSPS) is 17.3. The van der Waals surface area contributed by atoms with E-state index < -0.39 is 5.54 Å². The summed E-state index contributed by atoms with van der Waals surface area (Å²) >= 11 is 0. The number of carbonyl (C=O) groups is 2. The van der Waals surface area contributed by atoms with Gasteiger partial charge >= 0.3 is 0 Å². The van der Waals surface area contributed by atoms with E-state index in [0.29, 0.717) is 36.6 Å². The topological polar surface area (TPSA) is 67.9 Å². The van der Waals surface area contributed by atoms with Gasteiger partial charge in [0.1, 0.15) is 17.0 Å². The highest BCUT2D eigenvalue weighted by Crippen LogP contribution is 2.33. The molecule has 1 atom stereocenters. The molecule has 0 saturated carbocycles. The summed E-state index contributed by atoms with van der Waals surface area (Å²) in [4.78, 5) is 28.8. The molecule has 1 aliphatic rings. The fourth-order valence-corrected chi connectivity index (χ4v) is 4.34. The van der Waals surface area contributed by atoms with Crippen molar-refractivity contribution in [2.75, 3.05) is 14.2 Å². The van der Waals surface area contributed by atoms with Gasteiger partial charge in [0.05, 0.1) is 14.2 Å². The summed E-state index contributed by atoms with van der Waals surface area (Å²) in [6.45, 7) is 2.43. The number of amides is 2. The average molecular weight is 445 g/mol. The number of fused-ring (bicyclic) bond motifs is 1. The van der Waals surface area contributed by atoms with Crippen molar-refractivity contribution in [2.45, 2.75) is 32.0 Å². The van der Waals surface area contributed by atoms with Crippen LogP contribution < -0.4 is 14.8 Å². The van der Waals surface area contributed by atoms with E-state index in [-0.39, 0.29) is 11.8 Å². The maximum Gasteiger partial charge on any atom is 0.255 e. The van der Waals surface area contributed by atoms with E-state index >= 15 is 0 Å². The van der Waals surface area contributed by atoms with E-state index in [0.717, 1.165) is 16.7 Å². The lowest BCUT2D eigenvalue weighted by Crippen LogP contribution is -2.62. The van der Waals surface area contributed by atoms with Crippen LogP contribution in [0.15, 0.2) is 72.8 Å². The van der Waals surface area contributed by atoms with Crippen LogP contribution in [0.1, 0.15) is 34.0 Å². The van der Waals surface area contributed by atoms with Crippen LogP contribution in [0, 0.1) is 0 Å². The minimum Gasteiger partial charge on any atom is -0.497 e. The van der Waals surface area contributed by atoms with Crippen LogP contribution in [0.3, 0.4) is 0 Å². The summed E-state index contributed by atoms with van der Waals surface area (Å²) in [5.74, 6) is 1.05. The molecule has 1 aliphatic heterocycles. The SMILES string of the molecule is COc1cccc(CN2C(=O)c3ccccc3C[C@@]2(C)C(=O)NCc2ccccc2OC)c1. The molecule has 0 spiro atoms. The number of hydrogen-bond donors (Lipinski definition) is 1. The van der Waals surface area contributed by atoms with E-state index in [1.165, 1.54) is 0 Å². The number of ether oxygens (including phenoxy) is 2. The van der Waals surface area contributed by atoms with Gasteiger partial charge in [0.25, 0.3) is 5.91 Å². The Labute approximate surface area is 194 Å². The van der Waals surface area contributed by atoms with Crippen molar-refractivity contribution >= 4 is 11.8 Å². The van der Waals surface area contributed by atoms with E-state index in [2.05, 4.69) is 5.32 Å². The highest BCUT2D eigenvalue weighted by atomic mass is 16.5. The van der Waals surface area contributed by atoms with Gasteiger partial charge in [-0.2, -0.15) is 0 Å². The number of hydrogen-bond acceptors (Lipinski definition) is 4. The first-order chi connectivity index (χ1) is 16.0. The van der Waals surface area contributed by atoms with Crippen LogP contribution >= 0.6 is 0 Å². The standard InChI is InChI=1S/C27H28N2O4/c1-27(26(31)28-17-21-11-5-7-14-24(21)33-3)16-20-10-4-6-13-23(20)25(30)29(27)18-19-9-8-12-22(15-19)32-2/h4-15H,16-18H2,1-3H3,(H,28,31)/t27-/m0/s1. The summed E-state index contributed by atoms with van der Waals surface area (Å²) in [5.41, 5.74) is 2.22. The summed E-state index contributed by atoms with van der Waals surface area (Å²) in [7, 11) is 3.21. The van der Waals surface area contributed by atoms with Crippen molar-refractivity contribution in [1.82, 2.24) is 10.2 Å². The predicted molar refractivity (Wildman–Crippen MR) is 126 cm³/mol. The lowest BCUT2D eigenvalue weighted by Gasteiger charge is -2.44. The quantitative estimate of drug-likeness (QED) is 0.599. The van der Waals surface area contributed by atoms with Crippen LogP contribution in [0.2, 0.25) is 0 Å². The molecule has 6 heteroatoms. The van der Waals surface area contributed by atoms with Gasteiger partial charge < -0.3 is 19.7 Å². The van der Waals surface area contributed by atoms with Crippen LogP contribution in [-0.4, -0.2) is 36.5 Å². The zero-order valence-corrected chi connectivity index (χ0v) is 19.1. The Morgan fingerprint density at radius 3 is 2.55 bits per heavy atom. The van der Waals surface area contributed by atoms with Crippen molar-refractivity contribution in [3.05, 3.63) is 95.1 Å². The van der Waals surface area contributed by atoms with Crippen molar-refractivity contribution in [2.24, 2.45) is 0 Å². The highest BCUT2D eigenvalue weighted by molar-refractivity contribution is 6.02. The third-order valence-electron chi connectivity index (χ3n) is 6.22. The third-order valence-corrected chi connectivity index (χ3v) is 6.22. The maximum absolute atomic E-state index is 13.6. The second-order valence-corrected chi connectivity index (χ2v) is 8.35. The number of nitrogens with zero attached hydrogens (tertiary/aromatic N) is 1. The molecule has 3 aromatic rings. The number of carbonyl (C=O) groups excluding carboxylic acids is 2. The van der Waals surface area contributed by atoms with Gasteiger partial charge in [0, 0.05) is 30.6 Å².